The molecule has 2 fully saturated rings. The van der Waals surface area contributed by atoms with Crippen molar-refractivity contribution in [2.24, 2.45) is 5.92 Å². The molecule has 10 nitrogen and oxygen atoms in total. The molecule has 41 heavy (non-hydrogen) atoms. The quantitative estimate of drug-likeness (QED) is 0.395. The molecule has 0 unspecified atom stereocenters. The zero-order chi connectivity index (χ0) is 29.0. The summed E-state index contributed by atoms with van der Waals surface area (Å²) in [5, 5.41) is 3.72. The first-order valence-electron chi connectivity index (χ1n) is 14.1. The zero-order valence-corrected chi connectivity index (χ0v) is 23.9. The van der Waals surface area contributed by atoms with Crippen LogP contribution in [-0.2, 0) is 35.6 Å². The van der Waals surface area contributed by atoms with Crippen molar-refractivity contribution in [3.8, 4) is 0 Å². The highest BCUT2D eigenvalue weighted by Gasteiger charge is 2.42. The molecule has 1 aliphatic heterocycles. The lowest BCUT2D eigenvalue weighted by molar-refractivity contribution is -0.149. The molecule has 1 aromatic heterocycles. The third-order valence-corrected chi connectivity index (χ3v) is 10.0. The maximum atomic E-state index is 13.9. The minimum atomic E-state index is -3.90. The Morgan fingerprint density at radius 2 is 1.71 bits per heavy atom. The Balaban J connectivity index is 1.41. The molecule has 5 rings (SSSR count). The summed E-state index contributed by atoms with van der Waals surface area (Å²) in [7, 11) is -2.64. The monoisotopic (exact) mass is 580 g/mol. The fraction of sp³-hybridized carbons (Fsp3) is 0.433. The van der Waals surface area contributed by atoms with Gasteiger partial charge in [0.2, 0.25) is 21.8 Å². The molecule has 1 saturated carbocycles. The smallest absolute Gasteiger partial charge is 0.328 e. The molecule has 2 atom stereocenters. The summed E-state index contributed by atoms with van der Waals surface area (Å²) >= 11 is 0. The number of hydrogen-bond donors (Lipinski definition) is 2. The first kappa shape index (κ1) is 28.8. The van der Waals surface area contributed by atoms with Crippen LogP contribution in [0.1, 0.15) is 37.7 Å². The van der Waals surface area contributed by atoms with Gasteiger partial charge in [0, 0.05) is 49.1 Å². The van der Waals surface area contributed by atoms with Crippen LogP contribution < -0.4 is 5.32 Å². The van der Waals surface area contributed by atoms with Gasteiger partial charge in [-0.25, -0.2) is 13.2 Å². The van der Waals surface area contributed by atoms with Crippen LogP contribution in [-0.4, -0.2) is 79.2 Å². The number of piperazine rings is 1. The number of carbonyl (C=O) groups is 3. The Morgan fingerprint density at radius 3 is 2.44 bits per heavy atom. The summed E-state index contributed by atoms with van der Waals surface area (Å²) < 4.78 is 33.2. The van der Waals surface area contributed by atoms with E-state index >= 15 is 0 Å². The molecule has 2 heterocycles. The summed E-state index contributed by atoms with van der Waals surface area (Å²) in [4.78, 5) is 45.2. The van der Waals surface area contributed by atoms with Crippen LogP contribution in [0.3, 0.4) is 0 Å². The molecule has 11 heteroatoms. The number of para-hydroxylation sites is 1. The number of nitrogens with zero attached hydrogens (tertiary/aromatic N) is 2. The van der Waals surface area contributed by atoms with Gasteiger partial charge in [-0.15, -0.1) is 0 Å². The van der Waals surface area contributed by atoms with Gasteiger partial charge in [-0.1, -0.05) is 55.7 Å². The number of aromatic amines is 1. The van der Waals surface area contributed by atoms with Crippen LogP contribution >= 0.6 is 0 Å². The van der Waals surface area contributed by atoms with Crippen molar-refractivity contribution in [1.29, 1.82) is 0 Å². The van der Waals surface area contributed by atoms with E-state index in [2.05, 4.69) is 10.3 Å². The average Bonchev–Trinajstić information content (AvgIpc) is 3.43. The number of benzene rings is 2. The van der Waals surface area contributed by atoms with Crippen LogP contribution in [0.5, 0.6) is 0 Å². The van der Waals surface area contributed by atoms with Gasteiger partial charge in [0.1, 0.15) is 12.1 Å². The van der Waals surface area contributed by atoms with E-state index in [4.69, 9.17) is 4.74 Å². The molecule has 2 amide bonds. The molecule has 0 radical (unpaired) electrons. The molecule has 2 aromatic carbocycles. The lowest BCUT2D eigenvalue weighted by Crippen LogP contribution is -2.63. The number of carbonyl (C=O) groups excluding carboxylic acids is 3. The normalized spacial score (nSPS) is 19.5. The number of H-pyrrole nitrogens is 1. The first-order chi connectivity index (χ1) is 19.8. The van der Waals surface area contributed by atoms with E-state index < -0.39 is 34.0 Å². The van der Waals surface area contributed by atoms with Gasteiger partial charge in [0.25, 0.3) is 0 Å². The van der Waals surface area contributed by atoms with Crippen LogP contribution in [0.2, 0.25) is 0 Å². The second-order valence-electron chi connectivity index (χ2n) is 10.7. The number of rotatable bonds is 8. The van der Waals surface area contributed by atoms with Crippen molar-refractivity contribution >= 4 is 38.7 Å². The number of sulfonamides is 1. The van der Waals surface area contributed by atoms with Gasteiger partial charge >= 0.3 is 5.97 Å². The minimum absolute atomic E-state index is 0.0786. The number of fused-ring (bicyclic) bond motifs is 1. The number of methoxy groups -OCH3 is 1. The summed E-state index contributed by atoms with van der Waals surface area (Å²) in [6.07, 6.45) is 6.43. The fourth-order valence-electron chi connectivity index (χ4n) is 5.91. The third kappa shape index (κ3) is 6.15. The van der Waals surface area contributed by atoms with E-state index in [9.17, 15) is 22.8 Å². The number of aromatic nitrogens is 1. The lowest BCUT2D eigenvalue weighted by atomic mass is 9.87. The molecule has 2 aliphatic rings. The van der Waals surface area contributed by atoms with Crippen LogP contribution in [0, 0.1) is 5.92 Å². The fourth-order valence-corrected chi connectivity index (χ4v) is 7.37. The van der Waals surface area contributed by atoms with Crippen molar-refractivity contribution < 1.29 is 27.5 Å². The molecule has 1 aliphatic carbocycles. The van der Waals surface area contributed by atoms with E-state index in [0.29, 0.717) is 0 Å². The molecule has 0 bridgehead atoms. The topological polar surface area (TPSA) is 129 Å². The maximum Gasteiger partial charge on any atom is 0.328 e. The molecule has 3 aromatic rings. The van der Waals surface area contributed by atoms with Crippen molar-refractivity contribution in [2.75, 3.05) is 26.7 Å². The second kappa shape index (κ2) is 12.4. The van der Waals surface area contributed by atoms with Gasteiger partial charge < -0.3 is 19.9 Å². The van der Waals surface area contributed by atoms with Gasteiger partial charge in [-0.2, -0.15) is 4.31 Å². The maximum absolute atomic E-state index is 13.9. The summed E-state index contributed by atoms with van der Waals surface area (Å²) in [6, 6.07) is 13.6. The molecule has 0 spiro atoms. The predicted molar refractivity (Wildman–Crippen MR) is 153 cm³/mol. The largest absolute Gasteiger partial charge is 0.467 e. The van der Waals surface area contributed by atoms with Gasteiger partial charge in [-0.3, -0.25) is 9.59 Å². The standard InChI is InChI=1S/C30H36N4O6S/c1-40-30(37)26(18-22-19-31-25-15-9-8-14-24(22)25)32-28(35)27-20-33(41(38,39)23-12-6-3-7-13-23)16-17-34(27)29(36)21-10-4-2-5-11-21/h3,6-9,12-15,19,21,26-27,31H,2,4-5,10-11,16-18,20H2,1H3,(H,32,35)/t26-,27+/m1/s1. The van der Waals surface area contributed by atoms with E-state index in [1.165, 1.54) is 28.4 Å². The van der Waals surface area contributed by atoms with Crippen molar-refractivity contribution in [1.82, 2.24) is 19.5 Å². The average molecular weight is 581 g/mol. The number of nitrogens with one attached hydrogen (secondary N) is 2. The molecular formula is C30H36N4O6S. The predicted octanol–water partition coefficient (Wildman–Crippen LogP) is 2.85. The van der Waals surface area contributed by atoms with Crippen LogP contribution in [0.15, 0.2) is 65.7 Å². The van der Waals surface area contributed by atoms with Crippen molar-refractivity contribution in [3.63, 3.8) is 0 Å². The Kier molecular flexibility index (Phi) is 8.74. The van der Waals surface area contributed by atoms with E-state index in [0.717, 1.165) is 48.6 Å². The Bertz CT molecular complexity index is 1500. The zero-order valence-electron chi connectivity index (χ0n) is 23.1. The first-order valence-corrected chi connectivity index (χ1v) is 15.5. The van der Waals surface area contributed by atoms with Crippen molar-refractivity contribution in [3.05, 3.63) is 66.4 Å². The van der Waals surface area contributed by atoms with Crippen LogP contribution in [0.25, 0.3) is 10.9 Å². The van der Waals surface area contributed by atoms with Crippen LogP contribution in [0.4, 0.5) is 0 Å². The SMILES string of the molecule is COC(=O)[C@@H](Cc1c[nH]c2ccccc12)NC(=O)[C@@H]1CN(S(=O)(=O)c2ccccc2)CCN1C(=O)C1CCCCC1. The number of ether oxygens (including phenoxy) is 1. The lowest BCUT2D eigenvalue weighted by Gasteiger charge is -2.42. The van der Waals surface area contributed by atoms with Crippen molar-refractivity contribution in [2.45, 2.75) is 55.5 Å². The molecule has 218 valence electrons. The Morgan fingerprint density at radius 1 is 1.00 bits per heavy atom. The molecule has 1 saturated heterocycles. The third-order valence-electron chi connectivity index (χ3n) is 8.17. The second-order valence-corrected chi connectivity index (χ2v) is 12.6. The summed E-state index contributed by atoms with van der Waals surface area (Å²) in [5.41, 5.74) is 1.72. The summed E-state index contributed by atoms with van der Waals surface area (Å²) in [5.74, 6) is -1.54. The minimum Gasteiger partial charge on any atom is -0.467 e. The van der Waals surface area contributed by atoms with E-state index in [1.54, 1.807) is 24.4 Å². The highest BCUT2D eigenvalue weighted by molar-refractivity contribution is 7.89. The number of amides is 2. The molecule has 2 N–H and O–H groups in total. The summed E-state index contributed by atoms with van der Waals surface area (Å²) in [6.45, 7) is -0.0391. The number of hydrogen-bond acceptors (Lipinski definition) is 6. The van der Waals surface area contributed by atoms with E-state index in [1.807, 2.05) is 24.3 Å². The molecular weight excluding hydrogens is 544 g/mol. The Labute approximate surface area is 240 Å². The highest BCUT2D eigenvalue weighted by Crippen LogP contribution is 2.28. The number of esters is 1. The highest BCUT2D eigenvalue weighted by atomic mass is 32.2. The van der Waals surface area contributed by atoms with Gasteiger partial charge in [0.15, 0.2) is 0 Å². The Hall–Kier alpha value is -3.70. The van der Waals surface area contributed by atoms with E-state index in [-0.39, 0.29) is 42.8 Å². The van der Waals surface area contributed by atoms with Gasteiger partial charge in [-0.05, 0) is 36.6 Å². The van der Waals surface area contributed by atoms with Gasteiger partial charge in [0.05, 0.1) is 12.0 Å².